The van der Waals surface area contributed by atoms with E-state index in [-0.39, 0.29) is 28.2 Å². The highest BCUT2D eigenvalue weighted by molar-refractivity contribution is 6.10. The van der Waals surface area contributed by atoms with Crippen LogP contribution in [0.25, 0.3) is 0 Å². The molecule has 1 saturated carbocycles. The summed E-state index contributed by atoms with van der Waals surface area (Å²) in [6, 6.07) is 7.49. The molecule has 0 N–H and O–H groups in total. The van der Waals surface area contributed by atoms with Crippen LogP contribution < -0.4 is 0 Å². The summed E-state index contributed by atoms with van der Waals surface area (Å²) in [5.74, 6) is -0.983. The second kappa shape index (κ2) is 7.37. The van der Waals surface area contributed by atoms with Gasteiger partial charge in [0.25, 0.3) is 0 Å². The Bertz CT molecular complexity index is 1100. The van der Waals surface area contributed by atoms with Crippen LogP contribution in [0, 0.1) is 6.92 Å². The number of carbonyl (C=O) groups excluding carboxylic acids is 3. The zero-order valence-electron chi connectivity index (χ0n) is 18.9. The molecule has 31 heavy (non-hydrogen) atoms. The molecule has 2 aliphatic rings. The zero-order valence-corrected chi connectivity index (χ0v) is 18.9. The smallest absolute Gasteiger partial charge is 0.211 e. The van der Waals surface area contributed by atoms with Crippen molar-refractivity contribution in [2.75, 3.05) is 0 Å². The first-order valence-electron chi connectivity index (χ1n) is 10.9. The maximum atomic E-state index is 13.3. The van der Waals surface area contributed by atoms with Crippen molar-refractivity contribution in [3.8, 4) is 0 Å². The van der Waals surface area contributed by atoms with Gasteiger partial charge in [-0.3, -0.25) is 19.4 Å². The Hall–Kier alpha value is -2.88. The summed E-state index contributed by atoms with van der Waals surface area (Å²) in [4.78, 5) is 42.1. The van der Waals surface area contributed by atoms with E-state index < -0.39 is 5.92 Å². The second-order valence-corrected chi connectivity index (χ2v) is 10.0. The van der Waals surface area contributed by atoms with Crippen molar-refractivity contribution >= 4 is 17.3 Å². The molecule has 0 radical (unpaired) electrons. The molecule has 1 fully saturated rings. The van der Waals surface area contributed by atoms with Crippen LogP contribution in [-0.4, -0.2) is 22.3 Å². The number of fused-ring (bicyclic) bond motifs is 1. The first-order chi connectivity index (χ1) is 14.5. The summed E-state index contributed by atoms with van der Waals surface area (Å²) in [6.45, 7) is 10.7. The monoisotopic (exact) mass is 415 g/mol. The van der Waals surface area contributed by atoms with Gasteiger partial charge in [0.2, 0.25) is 5.78 Å². The van der Waals surface area contributed by atoms with Crippen molar-refractivity contribution in [1.82, 2.24) is 4.98 Å². The number of allylic oxidation sites excluding steroid dienone is 2. The van der Waals surface area contributed by atoms with Gasteiger partial charge in [-0.05, 0) is 47.7 Å². The van der Waals surface area contributed by atoms with E-state index in [1.54, 1.807) is 12.1 Å². The summed E-state index contributed by atoms with van der Waals surface area (Å²) < 4.78 is 0. The number of Topliss-reactive ketones (excluding diaryl/α,β-unsaturated/α-hetero) is 2. The predicted molar refractivity (Wildman–Crippen MR) is 121 cm³/mol. The van der Waals surface area contributed by atoms with Gasteiger partial charge in [0.1, 0.15) is 23.2 Å². The molecule has 1 aromatic carbocycles. The molecule has 0 spiro atoms. The highest BCUT2D eigenvalue weighted by atomic mass is 16.2. The third-order valence-corrected chi connectivity index (χ3v) is 6.76. The van der Waals surface area contributed by atoms with E-state index in [0.717, 1.165) is 11.1 Å². The third kappa shape index (κ3) is 3.69. The lowest BCUT2D eigenvalue weighted by Crippen LogP contribution is -2.30. The van der Waals surface area contributed by atoms with Crippen molar-refractivity contribution in [3.63, 3.8) is 0 Å². The minimum absolute atomic E-state index is 0.0550. The van der Waals surface area contributed by atoms with Gasteiger partial charge in [-0.2, -0.15) is 0 Å². The molecule has 0 amide bonds. The number of aromatic nitrogens is 1. The van der Waals surface area contributed by atoms with Crippen LogP contribution in [0.4, 0.5) is 0 Å². The lowest BCUT2D eigenvalue weighted by atomic mass is 9.67. The number of carbonyl (C=O) groups is 3. The van der Waals surface area contributed by atoms with E-state index in [1.807, 2.05) is 13.0 Å². The highest BCUT2D eigenvalue weighted by Gasteiger charge is 2.34. The van der Waals surface area contributed by atoms with Crippen LogP contribution >= 0.6 is 0 Å². The maximum absolute atomic E-state index is 13.3. The molecular formula is C27H29NO3. The molecule has 4 rings (SSSR count). The molecule has 1 aromatic heterocycles. The van der Waals surface area contributed by atoms with Gasteiger partial charge >= 0.3 is 0 Å². The molecule has 0 aliphatic heterocycles. The van der Waals surface area contributed by atoms with Crippen molar-refractivity contribution in [2.24, 2.45) is 0 Å². The van der Waals surface area contributed by atoms with Gasteiger partial charge in [-0.15, -0.1) is 0 Å². The predicted octanol–water partition coefficient (Wildman–Crippen LogP) is 5.15. The Morgan fingerprint density at radius 2 is 1.52 bits per heavy atom. The number of hydrogen-bond donors (Lipinski definition) is 0. The number of hydrogen-bond acceptors (Lipinski definition) is 4. The lowest BCUT2D eigenvalue weighted by molar-refractivity contribution is -0.131. The standard InChI is InChI=1S/C27H29NO3/c1-16-13-19-20(27(4,5)12-11-26(19,2)3)14-18(16)25(31)21-10-9-17(15-28-21)24-22(29)7-6-8-23(24)30/h9-15,24H,6-8H2,1-5H3. The molecule has 0 atom stereocenters. The largest absolute Gasteiger partial charge is 0.299 e. The van der Waals surface area contributed by atoms with Crippen molar-refractivity contribution < 1.29 is 14.4 Å². The van der Waals surface area contributed by atoms with Gasteiger partial charge in [-0.1, -0.05) is 52.0 Å². The normalized spacial score (nSPS) is 19.9. The number of nitrogens with zero attached hydrogens (tertiary/aromatic N) is 1. The van der Waals surface area contributed by atoms with Crippen molar-refractivity contribution in [1.29, 1.82) is 0 Å². The minimum atomic E-state index is -0.731. The SMILES string of the molecule is Cc1cc2c(cc1C(=O)c1ccc(C3C(=O)CCCC3=O)cn1)C(C)(C)C=CC2(C)C. The average molecular weight is 416 g/mol. The van der Waals surface area contributed by atoms with E-state index in [0.29, 0.717) is 36.1 Å². The number of aryl methyl sites for hydroxylation is 1. The van der Waals surface area contributed by atoms with Crippen LogP contribution in [0.1, 0.15) is 91.2 Å². The van der Waals surface area contributed by atoms with E-state index in [4.69, 9.17) is 0 Å². The molecular weight excluding hydrogens is 386 g/mol. The quantitative estimate of drug-likeness (QED) is 0.395. The minimum Gasteiger partial charge on any atom is -0.299 e. The van der Waals surface area contributed by atoms with E-state index in [1.165, 1.54) is 11.8 Å². The zero-order chi connectivity index (χ0) is 22.6. The molecule has 0 bridgehead atoms. The Morgan fingerprint density at radius 3 is 2.06 bits per heavy atom. The van der Waals surface area contributed by atoms with Gasteiger partial charge in [0.15, 0.2) is 0 Å². The van der Waals surface area contributed by atoms with Crippen LogP contribution in [0.2, 0.25) is 0 Å². The fourth-order valence-electron chi connectivity index (χ4n) is 4.74. The topological polar surface area (TPSA) is 64.1 Å². The first-order valence-corrected chi connectivity index (χ1v) is 10.9. The first kappa shape index (κ1) is 21.4. The van der Waals surface area contributed by atoms with Crippen LogP contribution in [0.3, 0.4) is 0 Å². The summed E-state index contributed by atoms with van der Waals surface area (Å²) in [5.41, 5.74) is 4.63. The highest BCUT2D eigenvalue weighted by Crippen LogP contribution is 2.42. The van der Waals surface area contributed by atoms with Crippen LogP contribution in [0.5, 0.6) is 0 Å². The van der Waals surface area contributed by atoms with Crippen molar-refractivity contribution in [2.45, 2.75) is 70.6 Å². The summed E-state index contributed by atoms with van der Waals surface area (Å²) in [7, 11) is 0. The lowest BCUT2D eigenvalue weighted by Gasteiger charge is -2.37. The van der Waals surface area contributed by atoms with Crippen molar-refractivity contribution in [3.05, 3.63) is 76.1 Å². The number of pyridine rings is 1. The number of rotatable bonds is 3. The van der Waals surface area contributed by atoms with Gasteiger partial charge in [0, 0.05) is 35.4 Å². The molecule has 2 aromatic rings. The second-order valence-electron chi connectivity index (χ2n) is 10.0. The molecule has 0 unspecified atom stereocenters. The maximum Gasteiger partial charge on any atom is 0.211 e. The Kier molecular flexibility index (Phi) is 5.07. The van der Waals surface area contributed by atoms with Gasteiger partial charge < -0.3 is 0 Å². The van der Waals surface area contributed by atoms with E-state index in [2.05, 4.69) is 50.9 Å². The Morgan fingerprint density at radius 1 is 0.935 bits per heavy atom. The fraction of sp³-hybridized carbons (Fsp3) is 0.407. The number of benzene rings is 1. The number of ketones is 3. The summed E-state index contributed by atoms with van der Waals surface area (Å²) in [5, 5.41) is 0. The van der Waals surface area contributed by atoms with Gasteiger partial charge in [-0.25, -0.2) is 0 Å². The Labute approximate surface area is 183 Å². The Balaban J connectivity index is 1.70. The molecule has 0 saturated heterocycles. The fourth-order valence-corrected chi connectivity index (χ4v) is 4.74. The summed E-state index contributed by atoms with van der Waals surface area (Å²) >= 11 is 0. The molecule has 2 aliphatic carbocycles. The third-order valence-electron chi connectivity index (χ3n) is 6.76. The summed E-state index contributed by atoms with van der Waals surface area (Å²) in [6.07, 6.45) is 7.44. The molecule has 4 nitrogen and oxygen atoms in total. The van der Waals surface area contributed by atoms with Crippen LogP contribution in [0.15, 0.2) is 42.6 Å². The van der Waals surface area contributed by atoms with E-state index >= 15 is 0 Å². The van der Waals surface area contributed by atoms with Crippen LogP contribution in [-0.2, 0) is 20.4 Å². The molecule has 160 valence electrons. The van der Waals surface area contributed by atoms with E-state index in [9.17, 15) is 14.4 Å². The molecule has 4 heteroatoms. The van der Waals surface area contributed by atoms with Gasteiger partial charge in [0.05, 0.1) is 0 Å². The molecule has 1 heterocycles. The average Bonchev–Trinajstić information content (AvgIpc) is 2.71.